The van der Waals surface area contributed by atoms with E-state index in [-0.39, 0.29) is 11.3 Å². The molecule has 2 amide bonds. The summed E-state index contributed by atoms with van der Waals surface area (Å²) in [6.45, 7) is 0. The minimum absolute atomic E-state index is 0.0121. The molecule has 0 saturated carbocycles. The van der Waals surface area contributed by atoms with Crippen LogP contribution in [0.3, 0.4) is 0 Å². The van der Waals surface area contributed by atoms with E-state index in [1.54, 1.807) is 35.6 Å². The van der Waals surface area contributed by atoms with Gasteiger partial charge in [0.05, 0.1) is 11.1 Å². The number of nitrogens with one attached hydrogen (secondary N) is 2. The van der Waals surface area contributed by atoms with E-state index in [1.807, 2.05) is 0 Å². The second-order valence-corrected chi connectivity index (χ2v) is 9.40. The van der Waals surface area contributed by atoms with Crippen molar-refractivity contribution < 1.29 is 9.59 Å². The van der Waals surface area contributed by atoms with Crippen LogP contribution in [0, 0.1) is 0 Å². The van der Waals surface area contributed by atoms with Gasteiger partial charge in [0.25, 0.3) is 11.5 Å². The number of carbonyl (C=O) groups is 2. The molecule has 0 fully saturated rings. The van der Waals surface area contributed by atoms with Crippen LogP contribution in [0.5, 0.6) is 0 Å². The number of H-pyrrole nitrogens is 1. The zero-order valence-electron chi connectivity index (χ0n) is 14.7. The number of hydrogen-bond donors (Lipinski definition) is 2. The molecule has 0 spiro atoms. The molecule has 0 unspecified atom stereocenters. The van der Waals surface area contributed by atoms with Gasteiger partial charge in [-0.3, -0.25) is 19.7 Å². The number of aryl methyl sites for hydroxylation is 2. The summed E-state index contributed by atoms with van der Waals surface area (Å²) in [4.78, 5) is 46.0. The number of amides is 2. The van der Waals surface area contributed by atoms with Crippen molar-refractivity contribution in [2.75, 3.05) is 5.75 Å². The fourth-order valence-corrected chi connectivity index (χ4v) is 5.43. The van der Waals surface area contributed by atoms with Gasteiger partial charge in [0.1, 0.15) is 4.83 Å². The first-order valence-corrected chi connectivity index (χ1v) is 11.4. The van der Waals surface area contributed by atoms with Gasteiger partial charge >= 0.3 is 0 Å². The largest absolute Gasteiger partial charge is 0.301 e. The Balaban J connectivity index is 1.43. The summed E-state index contributed by atoms with van der Waals surface area (Å²) in [6, 6.07) is 6.73. The van der Waals surface area contributed by atoms with E-state index in [0.717, 1.165) is 52.3 Å². The van der Waals surface area contributed by atoms with Crippen LogP contribution in [0.4, 0.5) is 0 Å². The van der Waals surface area contributed by atoms with Crippen molar-refractivity contribution in [3.63, 3.8) is 0 Å². The van der Waals surface area contributed by atoms with E-state index in [9.17, 15) is 14.4 Å². The van der Waals surface area contributed by atoms with Gasteiger partial charge in [-0.15, -0.1) is 11.3 Å². The molecule has 9 heteroatoms. The van der Waals surface area contributed by atoms with Crippen molar-refractivity contribution in [3.05, 3.63) is 55.1 Å². The molecule has 0 atom stereocenters. The SMILES string of the molecule is O=C(CSc1nc2sc3c(c2c(=O)[nH]1)CCCC3)NC(=O)c1ccc(Br)cc1. The summed E-state index contributed by atoms with van der Waals surface area (Å²) in [5, 5.41) is 3.43. The van der Waals surface area contributed by atoms with E-state index < -0.39 is 11.8 Å². The predicted molar refractivity (Wildman–Crippen MR) is 114 cm³/mol. The van der Waals surface area contributed by atoms with Crippen LogP contribution in [0.25, 0.3) is 10.2 Å². The van der Waals surface area contributed by atoms with Crippen LogP contribution in [-0.4, -0.2) is 27.5 Å². The zero-order valence-corrected chi connectivity index (χ0v) is 17.9. The molecule has 1 aromatic carbocycles. The number of hydrogen-bond acceptors (Lipinski definition) is 6. The lowest BCUT2D eigenvalue weighted by Gasteiger charge is -2.09. The molecule has 0 saturated heterocycles. The monoisotopic (exact) mass is 477 g/mol. The Bertz CT molecular complexity index is 1120. The average molecular weight is 478 g/mol. The van der Waals surface area contributed by atoms with E-state index in [2.05, 4.69) is 31.2 Å². The molecular weight excluding hydrogens is 462 g/mol. The Morgan fingerprint density at radius 1 is 1.21 bits per heavy atom. The lowest BCUT2D eigenvalue weighted by molar-refractivity contribution is -0.117. The molecule has 1 aliphatic carbocycles. The van der Waals surface area contributed by atoms with E-state index in [0.29, 0.717) is 16.1 Å². The Hall–Kier alpha value is -1.97. The highest BCUT2D eigenvalue weighted by Crippen LogP contribution is 2.34. The van der Waals surface area contributed by atoms with Crippen LogP contribution in [0.15, 0.2) is 38.7 Å². The molecular formula is C19H16BrN3O3S2. The van der Waals surface area contributed by atoms with Gasteiger partial charge in [0, 0.05) is 14.9 Å². The number of thioether (sulfide) groups is 1. The molecule has 1 aliphatic rings. The molecule has 2 aromatic heterocycles. The minimum Gasteiger partial charge on any atom is -0.301 e. The molecule has 2 N–H and O–H groups in total. The average Bonchev–Trinajstić information content (AvgIpc) is 3.05. The minimum atomic E-state index is -0.457. The normalized spacial score (nSPS) is 13.3. The number of halogens is 1. The number of thiophene rings is 1. The van der Waals surface area contributed by atoms with Crippen LogP contribution in [-0.2, 0) is 17.6 Å². The van der Waals surface area contributed by atoms with Crippen molar-refractivity contribution in [3.8, 4) is 0 Å². The van der Waals surface area contributed by atoms with Gasteiger partial charge in [-0.1, -0.05) is 27.7 Å². The summed E-state index contributed by atoms with van der Waals surface area (Å²) < 4.78 is 0.853. The highest BCUT2D eigenvalue weighted by Gasteiger charge is 2.20. The summed E-state index contributed by atoms with van der Waals surface area (Å²) in [5.41, 5.74) is 1.38. The first-order chi connectivity index (χ1) is 13.5. The summed E-state index contributed by atoms with van der Waals surface area (Å²) in [5.74, 6) is -0.908. The third-order valence-electron chi connectivity index (χ3n) is 4.50. The van der Waals surface area contributed by atoms with Crippen molar-refractivity contribution in [1.29, 1.82) is 0 Å². The van der Waals surface area contributed by atoms with E-state index >= 15 is 0 Å². The van der Waals surface area contributed by atoms with Gasteiger partial charge in [-0.2, -0.15) is 0 Å². The number of aromatic amines is 1. The van der Waals surface area contributed by atoms with Crippen molar-refractivity contribution >= 4 is 61.1 Å². The second kappa shape index (κ2) is 8.18. The fourth-order valence-electron chi connectivity index (χ4n) is 3.18. The topological polar surface area (TPSA) is 91.9 Å². The van der Waals surface area contributed by atoms with E-state index in [4.69, 9.17) is 0 Å². The van der Waals surface area contributed by atoms with Crippen LogP contribution < -0.4 is 10.9 Å². The third kappa shape index (κ3) is 4.06. The zero-order chi connectivity index (χ0) is 19.7. The maximum Gasteiger partial charge on any atom is 0.260 e. The van der Waals surface area contributed by atoms with Crippen molar-refractivity contribution in [1.82, 2.24) is 15.3 Å². The smallest absolute Gasteiger partial charge is 0.260 e. The molecule has 4 rings (SSSR count). The number of carbonyl (C=O) groups excluding carboxylic acids is 2. The highest BCUT2D eigenvalue weighted by molar-refractivity contribution is 9.10. The number of rotatable bonds is 4. The highest BCUT2D eigenvalue weighted by atomic mass is 79.9. The molecule has 0 aliphatic heterocycles. The number of imide groups is 1. The first kappa shape index (κ1) is 19.4. The Labute approximate surface area is 177 Å². The lowest BCUT2D eigenvalue weighted by Crippen LogP contribution is -2.31. The molecule has 6 nitrogen and oxygen atoms in total. The van der Waals surface area contributed by atoms with Crippen molar-refractivity contribution in [2.45, 2.75) is 30.8 Å². The quantitative estimate of drug-likeness (QED) is 0.441. The molecule has 2 heterocycles. The van der Waals surface area contributed by atoms with Crippen LogP contribution in [0.1, 0.15) is 33.6 Å². The maximum absolute atomic E-state index is 12.5. The lowest BCUT2D eigenvalue weighted by atomic mass is 9.97. The first-order valence-electron chi connectivity index (χ1n) is 8.78. The summed E-state index contributed by atoms with van der Waals surface area (Å²) >= 11 is 5.98. The van der Waals surface area contributed by atoms with E-state index in [1.165, 1.54) is 4.88 Å². The summed E-state index contributed by atoms with van der Waals surface area (Å²) in [6.07, 6.45) is 4.17. The van der Waals surface area contributed by atoms with Crippen LogP contribution in [0.2, 0.25) is 0 Å². The number of benzene rings is 1. The molecule has 28 heavy (non-hydrogen) atoms. The third-order valence-corrected chi connectivity index (χ3v) is 7.09. The number of fused-ring (bicyclic) bond motifs is 3. The number of aromatic nitrogens is 2. The molecule has 3 aromatic rings. The van der Waals surface area contributed by atoms with Gasteiger partial charge in [-0.25, -0.2) is 4.98 Å². The Morgan fingerprint density at radius 2 is 1.96 bits per heavy atom. The molecule has 144 valence electrons. The number of nitrogens with zero attached hydrogens (tertiary/aromatic N) is 1. The van der Waals surface area contributed by atoms with Gasteiger partial charge in [0.2, 0.25) is 5.91 Å². The van der Waals surface area contributed by atoms with Gasteiger partial charge in [-0.05, 0) is 55.5 Å². The van der Waals surface area contributed by atoms with Crippen molar-refractivity contribution in [2.24, 2.45) is 0 Å². The molecule has 0 bridgehead atoms. The predicted octanol–water partition coefficient (Wildman–Crippen LogP) is 3.67. The van der Waals surface area contributed by atoms with Gasteiger partial charge < -0.3 is 4.98 Å². The summed E-state index contributed by atoms with van der Waals surface area (Å²) in [7, 11) is 0. The standard InChI is InChI=1S/C19H16BrN3O3S2/c20-11-7-5-10(6-8-11)16(25)21-14(24)9-27-19-22-17(26)15-12-3-1-2-4-13(12)28-18(15)23-19/h5-8H,1-4,9H2,(H,21,24,25)(H,22,23,26). The molecule has 0 radical (unpaired) electrons. The maximum atomic E-state index is 12.5. The fraction of sp³-hybridized carbons (Fsp3) is 0.263. The second-order valence-electron chi connectivity index (χ2n) is 6.43. The Kier molecular flexibility index (Phi) is 5.65. The Morgan fingerprint density at radius 3 is 2.75 bits per heavy atom. The van der Waals surface area contributed by atoms with Crippen LogP contribution >= 0.6 is 39.0 Å². The van der Waals surface area contributed by atoms with Gasteiger partial charge in [0.15, 0.2) is 5.16 Å².